The second-order valence-corrected chi connectivity index (χ2v) is 6.05. The number of phenolic OH excluding ortho intramolecular Hbond substituents is 1. The minimum Gasteiger partial charge on any atom is -0.508 e. The van der Waals surface area contributed by atoms with E-state index in [9.17, 15) is 10.2 Å². The van der Waals surface area contributed by atoms with Crippen LogP contribution in [0.2, 0.25) is 0 Å². The highest BCUT2D eigenvalue weighted by molar-refractivity contribution is 5.44. The van der Waals surface area contributed by atoms with E-state index in [1.807, 2.05) is 32.0 Å². The lowest BCUT2D eigenvalue weighted by Gasteiger charge is -2.29. The average Bonchev–Trinajstić information content (AvgIpc) is 2.69. The zero-order valence-electron chi connectivity index (χ0n) is 12.0. The molecule has 1 aromatic rings. The summed E-state index contributed by atoms with van der Waals surface area (Å²) in [4.78, 5) is 1.98. The second kappa shape index (κ2) is 5.49. The van der Waals surface area contributed by atoms with Gasteiger partial charge in [-0.1, -0.05) is 12.1 Å². The van der Waals surface area contributed by atoms with Crippen molar-refractivity contribution in [2.24, 2.45) is 0 Å². The summed E-state index contributed by atoms with van der Waals surface area (Å²) < 4.78 is 0. The Labute approximate surface area is 115 Å². The van der Waals surface area contributed by atoms with Gasteiger partial charge in [-0.3, -0.25) is 0 Å². The molecule has 0 aromatic heterocycles. The average molecular weight is 264 g/mol. The molecule has 2 rings (SSSR count). The van der Waals surface area contributed by atoms with Crippen molar-refractivity contribution in [1.29, 1.82) is 0 Å². The molecule has 1 aliphatic carbocycles. The molecule has 0 aliphatic heterocycles. The number of aromatic hydroxyl groups is 1. The molecule has 0 amide bonds. The highest BCUT2D eigenvalue weighted by atomic mass is 16.3. The molecule has 0 radical (unpaired) electrons. The van der Waals surface area contributed by atoms with E-state index in [0.717, 1.165) is 18.4 Å². The number of hydrogen-bond acceptors (Lipinski definition) is 4. The molecule has 0 spiro atoms. The van der Waals surface area contributed by atoms with Crippen LogP contribution in [0.15, 0.2) is 18.2 Å². The minimum atomic E-state index is -0.747. The molecule has 4 heteroatoms. The predicted molar refractivity (Wildman–Crippen MR) is 76.3 cm³/mol. The fourth-order valence-electron chi connectivity index (χ4n) is 2.93. The largest absolute Gasteiger partial charge is 0.508 e. The molecule has 0 heterocycles. The molecule has 0 fully saturated rings. The molecular formula is C15H24N2O2. The van der Waals surface area contributed by atoms with Gasteiger partial charge in [0.1, 0.15) is 5.75 Å². The van der Waals surface area contributed by atoms with E-state index in [2.05, 4.69) is 11.4 Å². The van der Waals surface area contributed by atoms with Gasteiger partial charge in [-0.25, -0.2) is 0 Å². The van der Waals surface area contributed by atoms with Gasteiger partial charge in [0.25, 0.3) is 0 Å². The molecule has 0 saturated carbocycles. The Kier molecular flexibility index (Phi) is 4.13. The first-order valence-corrected chi connectivity index (χ1v) is 6.80. The third kappa shape index (κ3) is 3.47. The molecule has 1 aliphatic rings. The fraction of sp³-hybridized carbons (Fsp3) is 0.600. The van der Waals surface area contributed by atoms with Crippen molar-refractivity contribution >= 4 is 0 Å². The minimum absolute atomic E-state index is 0.232. The number of nitrogens with zero attached hydrogens (tertiary/aromatic N) is 1. The van der Waals surface area contributed by atoms with Crippen LogP contribution in [0.25, 0.3) is 0 Å². The zero-order chi connectivity index (χ0) is 14.0. The molecule has 0 bridgehead atoms. The van der Waals surface area contributed by atoms with Crippen LogP contribution in [0.5, 0.6) is 5.75 Å². The zero-order valence-corrected chi connectivity index (χ0v) is 12.0. The highest BCUT2D eigenvalue weighted by Crippen LogP contribution is 2.36. The highest BCUT2D eigenvalue weighted by Gasteiger charge is 2.27. The standard InChI is InChI=1S/C15H24N2O2/c1-15(19,10-17(2)3)9-16-13-8-7-12-11(13)5-4-6-14(12)18/h4-6,13,16,18-19H,7-10H2,1-3H3. The Hall–Kier alpha value is -1.10. The van der Waals surface area contributed by atoms with E-state index in [4.69, 9.17) is 0 Å². The molecule has 1 aromatic carbocycles. The second-order valence-electron chi connectivity index (χ2n) is 6.05. The third-order valence-corrected chi connectivity index (χ3v) is 3.63. The summed E-state index contributed by atoms with van der Waals surface area (Å²) in [5, 5.41) is 23.5. The monoisotopic (exact) mass is 264 g/mol. The molecule has 2 atom stereocenters. The SMILES string of the molecule is CN(C)CC(C)(O)CNC1CCc2c(O)cccc21. The number of nitrogens with one attached hydrogen (secondary N) is 1. The van der Waals surface area contributed by atoms with E-state index in [1.54, 1.807) is 6.07 Å². The van der Waals surface area contributed by atoms with E-state index >= 15 is 0 Å². The quantitative estimate of drug-likeness (QED) is 0.750. The van der Waals surface area contributed by atoms with E-state index in [1.165, 1.54) is 5.56 Å². The van der Waals surface area contributed by atoms with Crippen molar-refractivity contribution in [3.05, 3.63) is 29.3 Å². The van der Waals surface area contributed by atoms with Gasteiger partial charge >= 0.3 is 0 Å². The van der Waals surface area contributed by atoms with Gasteiger partial charge in [-0.2, -0.15) is 0 Å². The van der Waals surface area contributed by atoms with Crippen LogP contribution in [-0.4, -0.2) is 47.9 Å². The lowest BCUT2D eigenvalue weighted by atomic mass is 10.0. The topological polar surface area (TPSA) is 55.7 Å². The van der Waals surface area contributed by atoms with Gasteiger partial charge in [0.15, 0.2) is 0 Å². The Balaban J connectivity index is 1.98. The first kappa shape index (κ1) is 14.3. The van der Waals surface area contributed by atoms with Crippen LogP contribution in [0.4, 0.5) is 0 Å². The Morgan fingerprint density at radius 1 is 1.42 bits per heavy atom. The van der Waals surface area contributed by atoms with Crippen molar-refractivity contribution in [3.63, 3.8) is 0 Å². The molecule has 0 saturated heterocycles. The van der Waals surface area contributed by atoms with Crippen LogP contribution in [0, 0.1) is 0 Å². The predicted octanol–water partition coefficient (Wildman–Crippen LogP) is 1.28. The van der Waals surface area contributed by atoms with Crippen molar-refractivity contribution in [2.75, 3.05) is 27.2 Å². The number of fused-ring (bicyclic) bond motifs is 1. The van der Waals surface area contributed by atoms with Crippen LogP contribution in [0.3, 0.4) is 0 Å². The van der Waals surface area contributed by atoms with Gasteiger partial charge in [-0.05, 0) is 51.1 Å². The first-order valence-electron chi connectivity index (χ1n) is 6.80. The maximum atomic E-state index is 10.3. The molecule has 4 nitrogen and oxygen atoms in total. The van der Waals surface area contributed by atoms with Gasteiger partial charge in [0.05, 0.1) is 5.60 Å². The number of hydrogen-bond donors (Lipinski definition) is 3. The smallest absolute Gasteiger partial charge is 0.119 e. The lowest BCUT2D eigenvalue weighted by Crippen LogP contribution is -2.46. The summed E-state index contributed by atoms with van der Waals surface area (Å²) in [5.74, 6) is 0.391. The number of aliphatic hydroxyl groups is 1. The van der Waals surface area contributed by atoms with Gasteiger partial charge in [-0.15, -0.1) is 0 Å². The molecular weight excluding hydrogens is 240 g/mol. The number of rotatable bonds is 5. The summed E-state index contributed by atoms with van der Waals surface area (Å²) in [6.45, 7) is 3.02. The summed E-state index contributed by atoms with van der Waals surface area (Å²) in [6, 6.07) is 5.91. The van der Waals surface area contributed by atoms with Crippen molar-refractivity contribution in [2.45, 2.75) is 31.4 Å². The molecule has 2 unspecified atom stereocenters. The van der Waals surface area contributed by atoms with Gasteiger partial charge < -0.3 is 20.4 Å². The Morgan fingerprint density at radius 2 is 2.16 bits per heavy atom. The molecule has 19 heavy (non-hydrogen) atoms. The van der Waals surface area contributed by atoms with E-state index in [-0.39, 0.29) is 6.04 Å². The van der Waals surface area contributed by atoms with Crippen LogP contribution in [0.1, 0.15) is 30.5 Å². The molecule has 3 N–H and O–H groups in total. The Morgan fingerprint density at radius 3 is 2.84 bits per heavy atom. The number of benzene rings is 1. The van der Waals surface area contributed by atoms with Crippen molar-refractivity contribution in [3.8, 4) is 5.75 Å². The fourth-order valence-corrected chi connectivity index (χ4v) is 2.93. The third-order valence-electron chi connectivity index (χ3n) is 3.63. The molecule has 106 valence electrons. The van der Waals surface area contributed by atoms with Gasteiger partial charge in [0.2, 0.25) is 0 Å². The first-order chi connectivity index (χ1) is 8.89. The summed E-state index contributed by atoms with van der Waals surface area (Å²) >= 11 is 0. The van der Waals surface area contributed by atoms with Crippen LogP contribution in [-0.2, 0) is 6.42 Å². The van der Waals surface area contributed by atoms with Crippen molar-refractivity contribution in [1.82, 2.24) is 10.2 Å². The van der Waals surface area contributed by atoms with Gasteiger partial charge in [0, 0.05) is 19.1 Å². The van der Waals surface area contributed by atoms with E-state index in [0.29, 0.717) is 18.8 Å². The summed E-state index contributed by atoms with van der Waals surface area (Å²) in [7, 11) is 3.91. The maximum absolute atomic E-state index is 10.3. The lowest BCUT2D eigenvalue weighted by molar-refractivity contribution is 0.0313. The van der Waals surface area contributed by atoms with Crippen LogP contribution < -0.4 is 5.32 Å². The van der Waals surface area contributed by atoms with Crippen LogP contribution >= 0.6 is 0 Å². The summed E-state index contributed by atoms with van der Waals surface area (Å²) in [6.07, 6.45) is 1.88. The maximum Gasteiger partial charge on any atom is 0.119 e. The Bertz CT molecular complexity index is 444. The number of likely N-dealkylation sites (N-methyl/N-ethyl adjacent to an activating group) is 1. The van der Waals surface area contributed by atoms with E-state index < -0.39 is 5.60 Å². The summed E-state index contributed by atoms with van der Waals surface area (Å²) in [5.41, 5.74) is 1.47. The van der Waals surface area contributed by atoms with Crippen molar-refractivity contribution < 1.29 is 10.2 Å². The number of phenols is 1. The normalized spacial score (nSPS) is 21.4.